The molecule has 0 bridgehead atoms. The van der Waals surface area contributed by atoms with Crippen LogP contribution in [0.2, 0.25) is 0 Å². The highest BCUT2D eigenvalue weighted by atomic mass is 79.9. The van der Waals surface area contributed by atoms with Crippen LogP contribution in [0.4, 0.5) is 0 Å². The average Bonchev–Trinajstić information content (AvgIpc) is 2.98. The zero-order valence-electron chi connectivity index (χ0n) is 11.6. The molecule has 0 saturated carbocycles. The summed E-state index contributed by atoms with van der Waals surface area (Å²) in [4.78, 5) is 22.4. The van der Waals surface area contributed by atoms with Crippen LogP contribution in [0.5, 0.6) is 6.01 Å². The van der Waals surface area contributed by atoms with E-state index in [2.05, 4.69) is 41.8 Å². The summed E-state index contributed by atoms with van der Waals surface area (Å²) < 4.78 is 7.48. The van der Waals surface area contributed by atoms with Gasteiger partial charge in [0, 0.05) is 35.4 Å². The first-order valence-electron chi connectivity index (χ1n) is 6.81. The standard InChI is InChI=1S/C15H13Br2N3O2/c16-11-3-1-10(2-4-11)14(21)20-6-5-13(9-20)22-15-18-7-12(17)8-19-15/h1-4,7-8,13H,5-6,9H2/t13-/m1/s1. The molecule has 0 N–H and O–H groups in total. The third-order valence-electron chi connectivity index (χ3n) is 3.39. The van der Waals surface area contributed by atoms with Crippen LogP contribution in [0.15, 0.2) is 45.6 Å². The van der Waals surface area contributed by atoms with E-state index in [0.717, 1.165) is 15.4 Å². The predicted molar refractivity (Wildman–Crippen MR) is 88.8 cm³/mol. The summed E-state index contributed by atoms with van der Waals surface area (Å²) in [6, 6.07) is 7.71. The number of likely N-dealkylation sites (tertiary alicyclic amines) is 1. The van der Waals surface area contributed by atoms with Gasteiger partial charge >= 0.3 is 6.01 Å². The Hall–Kier alpha value is -1.47. The highest BCUT2D eigenvalue weighted by Gasteiger charge is 2.28. The van der Waals surface area contributed by atoms with Crippen LogP contribution in [0.1, 0.15) is 16.8 Å². The minimum Gasteiger partial charge on any atom is -0.458 e. The van der Waals surface area contributed by atoms with Crippen LogP contribution in [0, 0.1) is 0 Å². The molecule has 1 fully saturated rings. The third-order valence-corrected chi connectivity index (χ3v) is 4.33. The predicted octanol–water partition coefficient (Wildman–Crippen LogP) is 3.30. The Morgan fingerprint density at radius 1 is 1.14 bits per heavy atom. The number of amides is 1. The number of benzene rings is 1. The molecule has 0 radical (unpaired) electrons. The van der Waals surface area contributed by atoms with E-state index in [4.69, 9.17) is 4.74 Å². The van der Waals surface area contributed by atoms with Crippen LogP contribution >= 0.6 is 31.9 Å². The second kappa shape index (κ2) is 6.75. The van der Waals surface area contributed by atoms with Gasteiger partial charge < -0.3 is 9.64 Å². The van der Waals surface area contributed by atoms with Crippen molar-refractivity contribution < 1.29 is 9.53 Å². The van der Waals surface area contributed by atoms with E-state index in [1.165, 1.54) is 0 Å². The molecule has 0 unspecified atom stereocenters. The van der Waals surface area contributed by atoms with Crippen molar-refractivity contribution in [2.75, 3.05) is 13.1 Å². The molecule has 1 atom stereocenters. The minimum absolute atomic E-state index is 0.0234. The lowest BCUT2D eigenvalue weighted by Crippen LogP contribution is -2.31. The molecule has 5 nitrogen and oxygen atoms in total. The molecule has 22 heavy (non-hydrogen) atoms. The van der Waals surface area contributed by atoms with Crippen molar-refractivity contribution in [3.05, 3.63) is 51.2 Å². The summed E-state index contributed by atoms with van der Waals surface area (Å²) in [6.45, 7) is 1.23. The molecular formula is C15H13Br2N3O2. The van der Waals surface area contributed by atoms with Gasteiger partial charge in [-0.1, -0.05) is 15.9 Å². The summed E-state index contributed by atoms with van der Waals surface area (Å²) in [7, 11) is 0. The molecule has 1 amide bonds. The fourth-order valence-corrected chi connectivity index (χ4v) is 2.76. The van der Waals surface area contributed by atoms with E-state index in [0.29, 0.717) is 24.7 Å². The minimum atomic E-state index is -0.0689. The molecule has 114 valence electrons. The first-order valence-corrected chi connectivity index (χ1v) is 8.39. The topological polar surface area (TPSA) is 55.3 Å². The number of rotatable bonds is 3. The van der Waals surface area contributed by atoms with Gasteiger partial charge in [-0.2, -0.15) is 0 Å². The van der Waals surface area contributed by atoms with E-state index in [1.807, 2.05) is 24.3 Å². The van der Waals surface area contributed by atoms with Crippen molar-refractivity contribution in [3.63, 3.8) is 0 Å². The Bertz CT molecular complexity index is 661. The van der Waals surface area contributed by atoms with E-state index >= 15 is 0 Å². The smallest absolute Gasteiger partial charge is 0.316 e. The van der Waals surface area contributed by atoms with Gasteiger partial charge in [0.2, 0.25) is 0 Å². The van der Waals surface area contributed by atoms with Crippen LogP contribution < -0.4 is 4.74 Å². The molecule has 1 saturated heterocycles. The van der Waals surface area contributed by atoms with Crippen LogP contribution in [-0.4, -0.2) is 40.0 Å². The van der Waals surface area contributed by atoms with Crippen molar-refractivity contribution in [2.45, 2.75) is 12.5 Å². The Balaban J connectivity index is 1.61. The molecule has 2 heterocycles. The summed E-state index contributed by atoms with van der Waals surface area (Å²) in [5.41, 5.74) is 0.684. The van der Waals surface area contributed by atoms with Crippen molar-refractivity contribution in [1.82, 2.24) is 14.9 Å². The van der Waals surface area contributed by atoms with Crippen molar-refractivity contribution >= 4 is 37.8 Å². The van der Waals surface area contributed by atoms with Crippen LogP contribution in [0.3, 0.4) is 0 Å². The van der Waals surface area contributed by atoms with Crippen molar-refractivity contribution in [2.24, 2.45) is 0 Å². The average molecular weight is 427 g/mol. The van der Waals surface area contributed by atoms with Gasteiger partial charge in [0.15, 0.2) is 0 Å². The molecule has 7 heteroatoms. The number of carbonyl (C=O) groups excluding carboxylic acids is 1. The lowest BCUT2D eigenvalue weighted by atomic mass is 10.2. The maximum absolute atomic E-state index is 12.4. The quantitative estimate of drug-likeness (QED) is 0.755. The maximum atomic E-state index is 12.4. The zero-order chi connectivity index (χ0) is 15.5. The summed E-state index contributed by atoms with van der Waals surface area (Å²) >= 11 is 6.65. The summed E-state index contributed by atoms with van der Waals surface area (Å²) in [5.74, 6) is 0.0234. The van der Waals surface area contributed by atoms with Gasteiger partial charge in [-0.25, -0.2) is 9.97 Å². The van der Waals surface area contributed by atoms with Gasteiger partial charge in [-0.3, -0.25) is 4.79 Å². The molecule has 1 aromatic heterocycles. The highest BCUT2D eigenvalue weighted by molar-refractivity contribution is 9.10. The largest absolute Gasteiger partial charge is 0.458 e. The molecule has 2 aromatic rings. The number of carbonyl (C=O) groups is 1. The second-order valence-electron chi connectivity index (χ2n) is 4.97. The Morgan fingerprint density at radius 3 is 2.50 bits per heavy atom. The number of hydrogen-bond acceptors (Lipinski definition) is 4. The summed E-state index contributed by atoms with van der Waals surface area (Å²) in [6.07, 6.45) is 3.99. The number of aromatic nitrogens is 2. The number of ether oxygens (including phenoxy) is 1. The normalized spacial score (nSPS) is 17.5. The molecule has 1 aliphatic heterocycles. The van der Waals surface area contributed by atoms with Gasteiger partial charge in [-0.05, 0) is 40.2 Å². The van der Waals surface area contributed by atoms with E-state index in [1.54, 1.807) is 17.3 Å². The van der Waals surface area contributed by atoms with Crippen molar-refractivity contribution in [3.8, 4) is 6.01 Å². The Morgan fingerprint density at radius 2 is 1.82 bits per heavy atom. The molecule has 1 aromatic carbocycles. The fraction of sp³-hybridized carbons (Fsp3) is 0.267. The fourth-order valence-electron chi connectivity index (χ4n) is 2.29. The van der Waals surface area contributed by atoms with Gasteiger partial charge in [0.05, 0.1) is 11.0 Å². The zero-order valence-corrected chi connectivity index (χ0v) is 14.7. The van der Waals surface area contributed by atoms with Gasteiger partial charge in [0.25, 0.3) is 5.91 Å². The maximum Gasteiger partial charge on any atom is 0.316 e. The molecule has 3 rings (SSSR count). The van der Waals surface area contributed by atoms with Gasteiger partial charge in [-0.15, -0.1) is 0 Å². The number of nitrogens with zero attached hydrogens (tertiary/aromatic N) is 3. The Kier molecular flexibility index (Phi) is 4.73. The second-order valence-corrected chi connectivity index (χ2v) is 6.80. The first-order chi connectivity index (χ1) is 10.6. The number of halogens is 2. The van der Waals surface area contributed by atoms with E-state index in [9.17, 15) is 4.79 Å². The van der Waals surface area contributed by atoms with Gasteiger partial charge in [0.1, 0.15) is 6.10 Å². The molecule has 0 spiro atoms. The molecule has 1 aliphatic rings. The molecule has 0 aliphatic carbocycles. The van der Waals surface area contributed by atoms with Crippen LogP contribution in [0.25, 0.3) is 0 Å². The first kappa shape index (κ1) is 15.4. The van der Waals surface area contributed by atoms with E-state index in [-0.39, 0.29) is 12.0 Å². The SMILES string of the molecule is O=C(c1ccc(Br)cc1)N1CC[C@@H](Oc2ncc(Br)cn2)C1. The van der Waals surface area contributed by atoms with Crippen molar-refractivity contribution in [1.29, 1.82) is 0 Å². The number of hydrogen-bond donors (Lipinski definition) is 0. The lowest BCUT2D eigenvalue weighted by Gasteiger charge is -2.16. The highest BCUT2D eigenvalue weighted by Crippen LogP contribution is 2.19. The monoisotopic (exact) mass is 425 g/mol. The summed E-state index contributed by atoms with van der Waals surface area (Å²) in [5, 5.41) is 0. The third kappa shape index (κ3) is 3.64. The van der Waals surface area contributed by atoms with Crippen LogP contribution in [-0.2, 0) is 0 Å². The Labute approximate surface area is 145 Å². The lowest BCUT2D eigenvalue weighted by molar-refractivity contribution is 0.0769. The van der Waals surface area contributed by atoms with E-state index < -0.39 is 0 Å². The molecular weight excluding hydrogens is 414 g/mol.